The number of hydrogen-bond acceptors (Lipinski definition) is 3. The van der Waals surface area contributed by atoms with Crippen LogP contribution in [0, 0.1) is 0 Å². The zero-order valence-corrected chi connectivity index (χ0v) is 14.0. The van der Waals surface area contributed by atoms with E-state index in [0.29, 0.717) is 12.1 Å². The van der Waals surface area contributed by atoms with Gasteiger partial charge in [0.25, 0.3) is 0 Å². The van der Waals surface area contributed by atoms with Crippen molar-refractivity contribution in [3.63, 3.8) is 0 Å². The molecule has 0 saturated carbocycles. The Labute approximate surface area is 151 Å². The molecule has 0 aliphatic heterocycles. The fraction of sp³-hybridized carbons (Fsp3) is 0.200. The molecule has 154 valence electrons. The average molecular weight is 437 g/mol. The second kappa shape index (κ2) is 6.57. The van der Waals surface area contributed by atoms with Crippen molar-refractivity contribution >= 4 is 15.5 Å². The van der Waals surface area contributed by atoms with Crippen LogP contribution in [0.25, 0.3) is 0 Å². The smallest absolute Gasteiger partial charge is 0.398 e. The Hall–Kier alpha value is -2.44. The highest BCUT2D eigenvalue weighted by atomic mass is 32.2. The molecule has 28 heavy (non-hydrogen) atoms. The second-order valence-electron chi connectivity index (χ2n) is 5.49. The lowest BCUT2D eigenvalue weighted by atomic mass is 10.1. The molecule has 0 bridgehead atoms. The zero-order chi connectivity index (χ0) is 21.7. The van der Waals surface area contributed by atoms with Crippen LogP contribution in [0.2, 0.25) is 0 Å². The Morgan fingerprint density at radius 3 is 1.50 bits per heavy atom. The lowest BCUT2D eigenvalue weighted by Crippen LogP contribution is -2.15. The predicted molar refractivity (Wildman–Crippen MR) is 77.8 cm³/mol. The summed E-state index contributed by atoms with van der Waals surface area (Å²) in [5.41, 5.74) is -1.21. The first kappa shape index (κ1) is 21.9. The fourth-order valence-corrected chi connectivity index (χ4v) is 3.52. The zero-order valence-electron chi connectivity index (χ0n) is 13.2. The first-order valence-electron chi connectivity index (χ1n) is 6.95. The van der Waals surface area contributed by atoms with Gasteiger partial charge in [0.15, 0.2) is 0 Å². The lowest BCUT2D eigenvalue weighted by molar-refractivity contribution is -0.143. The Morgan fingerprint density at radius 1 is 0.643 bits per heavy atom. The minimum Gasteiger partial charge on any atom is -0.398 e. The van der Waals surface area contributed by atoms with E-state index in [1.807, 2.05) is 0 Å². The number of rotatable bonds is 2. The maximum absolute atomic E-state index is 12.9. The molecule has 0 radical (unpaired) electrons. The second-order valence-corrected chi connectivity index (χ2v) is 7.44. The van der Waals surface area contributed by atoms with Gasteiger partial charge in [0.1, 0.15) is 0 Å². The van der Waals surface area contributed by atoms with Crippen LogP contribution in [0.3, 0.4) is 0 Å². The molecule has 3 nitrogen and oxygen atoms in total. The Morgan fingerprint density at radius 2 is 1.11 bits per heavy atom. The van der Waals surface area contributed by atoms with Gasteiger partial charge in [-0.25, -0.2) is 8.42 Å². The number of anilines is 1. The van der Waals surface area contributed by atoms with E-state index in [-0.39, 0.29) is 24.3 Å². The van der Waals surface area contributed by atoms with Gasteiger partial charge in [0.2, 0.25) is 9.84 Å². The highest BCUT2D eigenvalue weighted by Gasteiger charge is 2.39. The van der Waals surface area contributed by atoms with Gasteiger partial charge in [0.05, 0.1) is 26.5 Å². The van der Waals surface area contributed by atoms with Crippen molar-refractivity contribution in [3.05, 3.63) is 53.1 Å². The van der Waals surface area contributed by atoms with Crippen LogP contribution in [-0.4, -0.2) is 8.42 Å². The molecule has 0 aromatic heterocycles. The minimum atomic E-state index is -5.33. The average Bonchev–Trinajstić information content (AvgIpc) is 2.51. The molecule has 0 saturated heterocycles. The summed E-state index contributed by atoms with van der Waals surface area (Å²) < 4.78 is 141. The SMILES string of the molecule is Nc1ccc(S(=O)(=O)c2cc(C(F)(F)F)cc(C(F)(F)F)c2)cc1C(F)(F)F. The summed E-state index contributed by atoms with van der Waals surface area (Å²) in [6, 6.07) is 0.644. The van der Waals surface area contributed by atoms with Crippen LogP contribution >= 0.6 is 0 Å². The third kappa shape index (κ3) is 4.34. The molecule has 2 rings (SSSR count). The summed E-state index contributed by atoms with van der Waals surface area (Å²) in [5, 5.41) is 0. The van der Waals surface area contributed by atoms with E-state index in [0.717, 1.165) is 0 Å². The van der Waals surface area contributed by atoms with Gasteiger partial charge in [-0.2, -0.15) is 39.5 Å². The maximum Gasteiger partial charge on any atom is 0.418 e. The number of hydrogen-bond donors (Lipinski definition) is 1. The lowest BCUT2D eigenvalue weighted by Gasteiger charge is -2.15. The number of halogens is 9. The minimum absolute atomic E-state index is 0.0399. The van der Waals surface area contributed by atoms with Crippen LogP contribution in [0.4, 0.5) is 45.2 Å². The number of benzene rings is 2. The molecule has 0 amide bonds. The van der Waals surface area contributed by atoms with E-state index in [9.17, 15) is 47.9 Å². The molecule has 2 aromatic carbocycles. The highest BCUT2D eigenvalue weighted by molar-refractivity contribution is 7.91. The van der Waals surface area contributed by atoms with Gasteiger partial charge < -0.3 is 5.73 Å². The van der Waals surface area contributed by atoms with Crippen LogP contribution in [0.5, 0.6) is 0 Å². The van der Waals surface area contributed by atoms with Crippen LogP contribution in [0.1, 0.15) is 16.7 Å². The van der Waals surface area contributed by atoms with E-state index < -0.39 is 60.5 Å². The number of sulfone groups is 1. The van der Waals surface area contributed by atoms with Crippen molar-refractivity contribution in [2.75, 3.05) is 5.73 Å². The first-order chi connectivity index (χ1) is 12.4. The Kier molecular flexibility index (Phi) is 5.13. The third-order valence-electron chi connectivity index (χ3n) is 3.51. The van der Waals surface area contributed by atoms with Crippen molar-refractivity contribution in [3.8, 4) is 0 Å². The monoisotopic (exact) mass is 437 g/mol. The van der Waals surface area contributed by atoms with Crippen LogP contribution in [0.15, 0.2) is 46.2 Å². The van der Waals surface area contributed by atoms with E-state index in [4.69, 9.17) is 5.73 Å². The van der Waals surface area contributed by atoms with E-state index in [1.54, 1.807) is 0 Å². The Bertz CT molecular complexity index is 973. The summed E-state index contributed by atoms with van der Waals surface area (Å²) in [5.74, 6) is 0. The summed E-state index contributed by atoms with van der Waals surface area (Å²) >= 11 is 0. The van der Waals surface area contributed by atoms with Crippen molar-refractivity contribution < 1.29 is 47.9 Å². The number of nitrogen functional groups attached to an aromatic ring is 1. The number of alkyl halides is 9. The molecule has 13 heteroatoms. The molecule has 2 N–H and O–H groups in total. The van der Waals surface area contributed by atoms with Crippen LogP contribution in [-0.2, 0) is 28.4 Å². The van der Waals surface area contributed by atoms with Gasteiger partial charge in [-0.3, -0.25) is 0 Å². The third-order valence-corrected chi connectivity index (χ3v) is 5.24. The van der Waals surface area contributed by atoms with Gasteiger partial charge in [-0.1, -0.05) is 0 Å². The quantitative estimate of drug-likeness (QED) is 0.522. The molecule has 0 fully saturated rings. The molecule has 2 aromatic rings. The molecule has 0 aliphatic rings. The Balaban J connectivity index is 2.76. The molecule has 0 aliphatic carbocycles. The molecular weight excluding hydrogens is 429 g/mol. The predicted octanol–water partition coefficient (Wildman–Crippen LogP) is 5.16. The standard InChI is InChI=1S/C15H8F9NO2S/c16-13(17,18)7-3-8(14(19,20)21)5-10(4-7)28(26,27)9-1-2-12(25)11(6-9)15(22,23)24/h1-6H,25H2. The molecule has 0 unspecified atom stereocenters. The normalized spacial score (nSPS) is 13.6. The largest absolute Gasteiger partial charge is 0.418 e. The molecular formula is C15H8F9NO2S. The van der Waals surface area contributed by atoms with E-state index in [2.05, 4.69) is 0 Å². The van der Waals surface area contributed by atoms with Crippen molar-refractivity contribution in [2.24, 2.45) is 0 Å². The molecule has 0 heterocycles. The van der Waals surface area contributed by atoms with Crippen molar-refractivity contribution in [2.45, 2.75) is 28.3 Å². The summed E-state index contributed by atoms with van der Waals surface area (Å²) in [7, 11) is -5.16. The summed E-state index contributed by atoms with van der Waals surface area (Å²) in [4.78, 5) is -2.63. The van der Waals surface area contributed by atoms with Gasteiger partial charge >= 0.3 is 18.5 Å². The van der Waals surface area contributed by atoms with Gasteiger partial charge in [0, 0.05) is 5.69 Å². The maximum atomic E-state index is 12.9. The van der Waals surface area contributed by atoms with Gasteiger partial charge in [-0.15, -0.1) is 0 Å². The highest BCUT2D eigenvalue weighted by Crippen LogP contribution is 2.40. The summed E-state index contributed by atoms with van der Waals surface area (Å²) in [6.45, 7) is 0. The molecule has 0 spiro atoms. The fourth-order valence-electron chi connectivity index (χ4n) is 2.17. The number of nitrogens with two attached hydrogens (primary N) is 1. The molecule has 0 atom stereocenters. The summed E-state index contributed by atoms with van der Waals surface area (Å²) in [6.07, 6.45) is -15.8. The topological polar surface area (TPSA) is 60.2 Å². The first-order valence-corrected chi connectivity index (χ1v) is 8.43. The van der Waals surface area contributed by atoms with Gasteiger partial charge in [-0.05, 0) is 36.4 Å². The van der Waals surface area contributed by atoms with Crippen molar-refractivity contribution in [1.82, 2.24) is 0 Å². The van der Waals surface area contributed by atoms with Crippen molar-refractivity contribution in [1.29, 1.82) is 0 Å². The van der Waals surface area contributed by atoms with Crippen LogP contribution < -0.4 is 5.73 Å². The van der Waals surface area contributed by atoms with E-state index >= 15 is 0 Å². The van der Waals surface area contributed by atoms with E-state index in [1.165, 1.54) is 0 Å².